The maximum Gasteiger partial charge on any atom is 0.363 e. The number of aryl methyl sites for hydroxylation is 1. The second-order valence-corrected chi connectivity index (χ2v) is 9.88. The van der Waals surface area contributed by atoms with Crippen molar-refractivity contribution in [2.75, 3.05) is 6.61 Å². The smallest absolute Gasteiger partial charge is 0.363 e. The Labute approximate surface area is 229 Å². The van der Waals surface area contributed by atoms with Crippen molar-refractivity contribution in [1.82, 2.24) is 0 Å². The summed E-state index contributed by atoms with van der Waals surface area (Å²) >= 11 is 5.81. The molecule has 0 bridgehead atoms. The van der Waals surface area contributed by atoms with E-state index in [0.29, 0.717) is 45.9 Å². The van der Waals surface area contributed by atoms with Gasteiger partial charge in [0.25, 0.3) is 5.69 Å². The molecule has 0 fully saturated rings. The lowest BCUT2D eigenvalue weighted by Gasteiger charge is -2.15. The van der Waals surface area contributed by atoms with E-state index in [-0.39, 0.29) is 17.3 Å². The Morgan fingerprint density at radius 1 is 1.17 bits per heavy atom. The lowest BCUT2D eigenvalue weighted by atomic mass is 10.1. The van der Waals surface area contributed by atoms with Crippen molar-refractivity contribution in [2.45, 2.75) is 20.5 Å². The average Bonchev–Trinajstić information content (AvgIpc) is 3.18. The number of aliphatic imine (C=N–C) groups is 1. The summed E-state index contributed by atoms with van der Waals surface area (Å²) in [6.07, 6.45) is 1.59. The molecule has 0 radical (unpaired) electrons. The first-order chi connectivity index (χ1) is 17.2. The maximum absolute atomic E-state index is 12.5. The molecule has 8 nitrogen and oxygen atoms in total. The first-order valence-electron chi connectivity index (χ1n) is 10.9. The second-order valence-electron chi connectivity index (χ2n) is 7.78. The van der Waals surface area contributed by atoms with E-state index in [0.717, 1.165) is 9.13 Å². The van der Waals surface area contributed by atoms with Crippen LogP contribution in [-0.4, -0.2) is 23.4 Å². The highest BCUT2D eigenvalue weighted by molar-refractivity contribution is 14.1. The van der Waals surface area contributed by atoms with Gasteiger partial charge in [0.15, 0.2) is 17.2 Å². The third-order valence-electron chi connectivity index (χ3n) is 5.17. The molecule has 3 aromatic rings. The number of nitro benzene ring substituents is 1. The van der Waals surface area contributed by atoms with Crippen LogP contribution in [-0.2, 0) is 16.1 Å². The fourth-order valence-corrected chi connectivity index (χ4v) is 4.72. The predicted octanol–water partition coefficient (Wildman–Crippen LogP) is 6.59. The standard InChI is InChI=1S/C26H20BrIN2O6/c1-3-34-23-13-17(11-20(27)24(23)35-14-16-5-4-6-19(28)10-16)12-21-26(31)36-25(29-21)18-7-8-22(30(32)33)15(2)9-18/h4-13H,3,14H2,1-2H3/b21-12-. The number of carbonyl (C=O) groups is 1. The van der Waals surface area contributed by atoms with E-state index in [1.807, 2.05) is 31.2 Å². The zero-order chi connectivity index (χ0) is 25.8. The Kier molecular flexibility index (Phi) is 8.04. The van der Waals surface area contributed by atoms with Crippen molar-refractivity contribution in [3.05, 3.63) is 101 Å². The summed E-state index contributed by atoms with van der Waals surface area (Å²) in [4.78, 5) is 27.4. The molecule has 0 saturated heterocycles. The number of nitro groups is 1. The largest absolute Gasteiger partial charge is 0.490 e. The van der Waals surface area contributed by atoms with Crippen LogP contribution in [0.3, 0.4) is 0 Å². The highest BCUT2D eigenvalue weighted by Crippen LogP contribution is 2.38. The van der Waals surface area contributed by atoms with Crippen LogP contribution in [0.15, 0.2) is 69.8 Å². The minimum Gasteiger partial charge on any atom is -0.490 e. The van der Waals surface area contributed by atoms with E-state index in [1.54, 1.807) is 31.2 Å². The number of halogens is 2. The van der Waals surface area contributed by atoms with Gasteiger partial charge in [-0.1, -0.05) is 12.1 Å². The van der Waals surface area contributed by atoms with E-state index in [2.05, 4.69) is 43.5 Å². The molecule has 1 aliphatic heterocycles. The molecule has 0 saturated carbocycles. The van der Waals surface area contributed by atoms with E-state index in [9.17, 15) is 14.9 Å². The van der Waals surface area contributed by atoms with Crippen LogP contribution in [0.5, 0.6) is 11.5 Å². The van der Waals surface area contributed by atoms with Crippen molar-refractivity contribution in [3.63, 3.8) is 0 Å². The highest BCUT2D eigenvalue weighted by atomic mass is 127. The number of carbonyl (C=O) groups excluding carboxylic acids is 1. The first-order valence-corrected chi connectivity index (χ1v) is 12.7. The second kappa shape index (κ2) is 11.2. The molecule has 1 aliphatic rings. The van der Waals surface area contributed by atoms with Crippen LogP contribution in [0, 0.1) is 20.6 Å². The fourth-order valence-electron chi connectivity index (χ4n) is 3.54. The predicted molar refractivity (Wildman–Crippen MR) is 147 cm³/mol. The molecule has 0 atom stereocenters. The summed E-state index contributed by atoms with van der Waals surface area (Å²) < 4.78 is 19.0. The fraction of sp³-hybridized carbons (Fsp3) is 0.154. The van der Waals surface area contributed by atoms with E-state index in [4.69, 9.17) is 14.2 Å². The minimum atomic E-state index is -0.617. The Morgan fingerprint density at radius 2 is 1.97 bits per heavy atom. The van der Waals surface area contributed by atoms with Crippen molar-refractivity contribution in [1.29, 1.82) is 0 Å². The van der Waals surface area contributed by atoms with Gasteiger partial charge in [-0.15, -0.1) is 0 Å². The zero-order valence-electron chi connectivity index (χ0n) is 19.3. The van der Waals surface area contributed by atoms with Crippen LogP contribution < -0.4 is 9.47 Å². The molecule has 0 aromatic heterocycles. The van der Waals surface area contributed by atoms with Gasteiger partial charge in [-0.3, -0.25) is 10.1 Å². The number of rotatable bonds is 8. The number of esters is 1. The van der Waals surface area contributed by atoms with Gasteiger partial charge in [0.2, 0.25) is 5.90 Å². The summed E-state index contributed by atoms with van der Waals surface area (Å²) in [6.45, 7) is 4.28. The Bertz CT molecular complexity index is 1420. The molecule has 0 aliphatic carbocycles. The summed E-state index contributed by atoms with van der Waals surface area (Å²) in [5, 5.41) is 11.1. The molecular weight excluding hydrogens is 643 g/mol. The molecular formula is C26H20BrIN2O6. The molecule has 10 heteroatoms. The Morgan fingerprint density at radius 3 is 2.67 bits per heavy atom. The lowest BCUT2D eigenvalue weighted by Crippen LogP contribution is -2.06. The molecule has 0 N–H and O–H groups in total. The summed E-state index contributed by atoms with van der Waals surface area (Å²) in [5.74, 6) is 0.545. The first kappa shape index (κ1) is 25.8. The number of nitrogens with zero attached hydrogens (tertiary/aromatic N) is 2. The van der Waals surface area contributed by atoms with Gasteiger partial charge in [0.1, 0.15) is 6.61 Å². The van der Waals surface area contributed by atoms with Crippen LogP contribution in [0.1, 0.15) is 29.2 Å². The SMILES string of the molecule is CCOc1cc(/C=C2\N=C(c3ccc([N+](=O)[O-])c(C)c3)OC2=O)cc(Br)c1OCc1cccc(I)c1. The Hall–Kier alpha value is -3.25. The van der Waals surface area contributed by atoms with Gasteiger partial charge < -0.3 is 14.2 Å². The van der Waals surface area contributed by atoms with Crippen LogP contribution in [0.25, 0.3) is 6.08 Å². The molecule has 0 amide bonds. The summed E-state index contributed by atoms with van der Waals surface area (Å²) in [6, 6.07) is 16.0. The van der Waals surface area contributed by atoms with Crippen LogP contribution in [0.2, 0.25) is 0 Å². The van der Waals surface area contributed by atoms with Crippen molar-refractivity contribution < 1.29 is 23.9 Å². The monoisotopic (exact) mass is 662 g/mol. The lowest BCUT2D eigenvalue weighted by molar-refractivity contribution is -0.385. The van der Waals surface area contributed by atoms with Crippen molar-refractivity contribution in [3.8, 4) is 11.5 Å². The van der Waals surface area contributed by atoms with E-state index in [1.165, 1.54) is 12.1 Å². The minimum absolute atomic E-state index is 0.0166. The van der Waals surface area contributed by atoms with Crippen LogP contribution in [0.4, 0.5) is 5.69 Å². The topological polar surface area (TPSA) is 100 Å². The van der Waals surface area contributed by atoms with Gasteiger partial charge in [-0.25, -0.2) is 9.79 Å². The molecule has 3 aromatic carbocycles. The van der Waals surface area contributed by atoms with E-state index >= 15 is 0 Å². The highest BCUT2D eigenvalue weighted by Gasteiger charge is 2.26. The summed E-state index contributed by atoms with van der Waals surface area (Å²) in [5.41, 5.74) is 2.69. The molecule has 0 spiro atoms. The Balaban J connectivity index is 1.61. The average molecular weight is 663 g/mol. The normalized spacial score (nSPS) is 13.9. The van der Waals surface area contributed by atoms with Crippen molar-refractivity contribution in [2.24, 2.45) is 4.99 Å². The molecule has 1 heterocycles. The molecule has 36 heavy (non-hydrogen) atoms. The van der Waals surface area contributed by atoms with Crippen molar-refractivity contribution >= 4 is 62.2 Å². The number of cyclic esters (lactones) is 1. The van der Waals surface area contributed by atoms with Gasteiger partial charge in [-0.2, -0.15) is 0 Å². The number of ether oxygens (including phenoxy) is 3. The quantitative estimate of drug-likeness (QED) is 0.0887. The zero-order valence-corrected chi connectivity index (χ0v) is 23.0. The van der Waals surface area contributed by atoms with Crippen LogP contribution >= 0.6 is 38.5 Å². The molecule has 0 unspecified atom stereocenters. The van der Waals surface area contributed by atoms with Gasteiger partial charge >= 0.3 is 5.97 Å². The number of hydrogen-bond donors (Lipinski definition) is 0. The number of benzene rings is 3. The van der Waals surface area contributed by atoms with E-state index < -0.39 is 10.9 Å². The third kappa shape index (κ3) is 5.93. The van der Waals surface area contributed by atoms with Gasteiger partial charge in [0, 0.05) is 20.8 Å². The molecule has 4 rings (SSSR count). The maximum atomic E-state index is 12.5. The molecule has 184 valence electrons. The third-order valence-corrected chi connectivity index (χ3v) is 6.43. The van der Waals surface area contributed by atoms with Gasteiger partial charge in [-0.05, 0) is 106 Å². The van der Waals surface area contributed by atoms with Gasteiger partial charge in [0.05, 0.1) is 16.0 Å². The number of hydrogen-bond acceptors (Lipinski definition) is 7. The summed E-state index contributed by atoms with van der Waals surface area (Å²) in [7, 11) is 0.